The van der Waals surface area contributed by atoms with Crippen LogP contribution < -0.4 is 0 Å². The van der Waals surface area contributed by atoms with Gasteiger partial charge in [-0.25, -0.2) is 12.8 Å². The highest BCUT2D eigenvalue weighted by atomic mass is 32.2. The summed E-state index contributed by atoms with van der Waals surface area (Å²) in [6, 6.07) is 12.6. The molecule has 0 amide bonds. The lowest BCUT2D eigenvalue weighted by Gasteiger charge is -2.31. The summed E-state index contributed by atoms with van der Waals surface area (Å²) in [5.41, 5.74) is 1.07. The molecule has 134 valence electrons. The number of halogens is 1. The van der Waals surface area contributed by atoms with E-state index in [-0.39, 0.29) is 16.5 Å². The predicted molar refractivity (Wildman–Crippen MR) is 94.9 cm³/mol. The van der Waals surface area contributed by atoms with E-state index in [0.717, 1.165) is 18.5 Å². The summed E-state index contributed by atoms with van der Waals surface area (Å²) in [4.78, 5) is 2.26. The van der Waals surface area contributed by atoms with Crippen molar-refractivity contribution in [1.29, 1.82) is 0 Å². The van der Waals surface area contributed by atoms with E-state index in [1.165, 1.54) is 24.3 Å². The highest BCUT2D eigenvalue weighted by Crippen LogP contribution is 2.30. The summed E-state index contributed by atoms with van der Waals surface area (Å²) >= 11 is 0. The van der Waals surface area contributed by atoms with E-state index >= 15 is 0 Å². The van der Waals surface area contributed by atoms with Crippen molar-refractivity contribution < 1.29 is 17.9 Å². The fourth-order valence-electron chi connectivity index (χ4n) is 3.26. The van der Waals surface area contributed by atoms with Crippen LogP contribution in [0.2, 0.25) is 0 Å². The number of benzene rings is 2. The lowest BCUT2D eigenvalue weighted by molar-refractivity contribution is 0.232. The minimum Gasteiger partial charge on any atom is -0.507 e. The van der Waals surface area contributed by atoms with Crippen LogP contribution in [0.25, 0.3) is 0 Å². The number of likely N-dealkylation sites (tertiary alicyclic amines) is 1. The summed E-state index contributed by atoms with van der Waals surface area (Å²) in [5.74, 6) is -0.417. The molecule has 0 atom stereocenters. The average Bonchev–Trinajstić information content (AvgIpc) is 2.62. The quantitative estimate of drug-likeness (QED) is 0.887. The molecule has 0 aromatic heterocycles. The molecule has 1 aliphatic rings. The topological polar surface area (TPSA) is 57.6 Å². The Kier molecular flexibility index (Phi) is 5.39. The molecule has 1 saturated heterocycles. The lowest BCUT2D eigenvalue weighted by atomic mass is 10.1. The van der Waals surface area contributed by atoms with E-state index < -0.39 is 15.1 Å². The third kappa shape index (κ3) is 4.19. The minimum absolute atomic E-state index is 0.0276. The Morgan fingerprint density at radius 2 is 1.68 bits per heavy atom. The first kappa shape index (κ1) is 17.9. The largest absolute Gasteiger partial charge is 0.507 e. The Bertz CT molecular complexity index is 813. The first-order valence-electron chi connectivity index (χ1n) is 8.45. The fourth-order valence-corrected chi connectivity index (χ4v) is 5.08. The molecule has 1 fully saturated rings. The van der Waals surface area contributed by atoms with Gasteiger partial charge >= 0.3 is 0 Å². The van der Waals surface area contributed by atoms with Crippen LogP contribution in [0.4, 0.5) is 4.39 Å². The van der Waals surface area contributed by atoms with Crippen LogP contribution in [-0.2, 0) is 16.3 Å². The SMILES string of the molecule is O=S(=O)(c1ccccc1O)C1CCN(CCc2ccc(F)cc2)CC1. The van der Waals surface area contributed by atoms with E-state index in [1.54, 1.807) is 24.3 Å². The molecule has 0 aliphatic carbocycles. The van der Waals surface area contributed by atoms with E-state index in [4.69, 9.17) is 0 Å². The Labute approximate surface area is 147 Å². The molecule has 25 heavy (non-hydrogen) atoms. The summed E-state index contributed by atoms with van der Waals surface area (Å²) in [5, 5.41) is 9.39. The third-order valence-corrected chi connectivity index (χ3v) is 7.08. The maximum atomic E-state index is 12.9. The monoisotopic (exact) mass is 363 g/mol. The van der Waals surface area contributed by atoms with Crippen LogP contribution in [0.15, 0.2) is 53.4 Å². The molecule has 0 spiro atoms. The number of phenolic OH excluding ortho intramolecular Hbond substituents is 1. The van der Waals surface area contributed by atoms with Crippen molar-refractivity contribution in [1.82, 2.24) is 4.90 Å². The fraction of sp³-hybridized carbons (Fsp3) is 0.368. The van der Waals surface area contributed by atoms with Crippen molar-refractivity contribution in [3.8, 4) is 5.75 Å². The molecular formula is C19H22FNO3S. The Balaban J connectivity index is 1.56. The Morgan fingerprint density at radius 1 is 1.04 bits per heavy atom. The van der Waals surface area contributed by atoms with Gasteiger partial charge in [-0.3, -0.25) is 0 Å². The first-order valence-corrected chi connectivity index (χ1v) is 10.00. The van der Waals surface area contributed by atoms with Gasteiger partial charge < -0.3 is 10.0 Å². The molecule has 2 aromatic rings. The van der Waals surface area contributed by atoms with E-state index in [9.17, 15) is 17.9 Å². The highest BCUT2D eigenvalue weighted by molar-refractivity contribution is 7.92. The molecular weight excluding hydrogens is 341 g/mol. The number of hydrogen-bond acceptors (Lipinski definition) is 4. The van der Waals surface area contributed by atoms with E-state index in [0.29, 0.717) is 25.9 Å². The normalized spacial score (nSPS) is 16.8. The van der Waals surface area contributed by atoms with E-state index in [1.807, 2.05) is 0 Å². The van der Waals surface area contributed by atoms with Crippen LogP contribution in [-0.4, -0.2) is 43.3 Å². The molecule has 6 heteroatoms. The van der Waals surface area contributed by atoms with Gasteiger partial charge in [0.05, 0.1) is 5.25 Å². The lowest BCUT2D eigenvalue weighted by Crippen LogP contribution is -2.40. The van der Waals surface area contributed by atoms with Gasteiger partial charge in [0.2, 0.25) is 0 Å². The first-order chi connectivity index (χ1) is 12.0. The van der Waals surface area contributed by atoms with Gasteiger partial charge in [-0.05, 0) is 62.2 Å². The molecule has 1 N–H and O–H groups in total. The number of hydrogen-bond donors (Lipinski definition) is 1. The van der Waals surface area contributed by atoms with Gasteiger partial charge in [0, 0.05) is 6.54 Å². The van der Waals surface area contributed by atoms with Crippen LogP contribution >= 0.6 is 0 Å². The zero-order valence-corrected chi connectivity index (χ0v) is 14.8. The van der Waals surface area contributed by atoms with Crippen LogP contribution in [0, 0.1) is 5.82 Å². The van der Waals surface area contributed by atoms with Crippen molar-refractivity contribution in [3.05, 3.63) is 59.9 Å². The van der Waals surface area contributed by atoms with Gasteiger partial charge in [0.25, 0.3) is 0 Å². The minimum atomic E-state index is -3.51. The number of rotatable bonds is 5. The number of para-hydroxylation sites is 1. The second-order valence-electron chi connectivity index (χ2n) is 6.43. The van der Waals surface area contributed by atoms with Crippen LogP contribution in [0.5, 0.6) is 5.75 Å². The molecule has 0 unspecified atom stereocenters. The average molecular weight is 363 g/mol. The van der Waals surface area contributed by atoms with Crippen molar-refractivity contribution in [2.45, 2.75) is 29.4 Å². The van der Waals surface area contributed by atoms with Crippen LogP contribution in [0.3, 0.4) is 0 Å². The van der Waals surface area contributed by atoms with Crippen molar-refractivity contribution in [2.75, 3.05) is 19.6 Å². The molecule has 4 nitrogen and oxygen atoms in total. The zero-order chi connectivity index (χ0) is 17.9. The van der Waals surface area contributed by atoms with Gasteiger partial charge in [0.1, 0.15) is 16.5 Å². The second-order valence-corrected chi connectivity index (χ2v) is 8.63. The molecule has 0 bridgehead atoms. The Morgan fingerprint density at radius 3 is 2.32 bits per heavy atom. The summed E-state index contributed by atoms with van der Waals surface area (Å²) in [6.07, 6.45) is 1.93. The van der Waals surface area contributed by atoms with Crippen molar-refractivity contribution in [3.63, 3.8) is 0 Å². The summed E-state index contributed by atoms with van der Waals surface area (Å²) in [7, 11) is -3.51. The maximum Gasteiger partial charge on any atom is 0.184 e. The summed E-state index contributed by atoms with van der Waals surface area (Å²) < 4.78 is 38.3. The number of nitrogens with zero attached hydrogens (tertiary/aromatic N) is 1. The second kappa shape index (κ2) is 7.54. The molecule has 0 saturated carbocycles. The Hall–Kier alpha value is -1.92. The molecule has 3 rings (SSSR count). The predicted octanol–water partition coefficient (Wildman–Crippen LogP) is 3.01. The molecule has 1 heterocycles. The van der Waals surface area contributed by atoms with Gasteiger partial charge in [0.15, 0.2) is 9.84 Å². The zero-order valence-electron chi connectivity index (χ0n) is 13.9. The van der Waals surface area contributed by atoms with Gasteiger partial charge in [-0.1, -0.05) is 24.3 Å². The van der Waals surface area contributed by atoms with Crippen molar-refractivity contribution in [2.24, 2.45) is 0 Å². The third-order valence-electron chi connectivity index (χ3n) is 4.78. The van der Waals surface area contributed by atoms with Crippen LogP contribution in [0.1, 0.15) is 18.4 Å². The number of phenols is 1. The van der Waals surface area contributed by atoms with Crippen molar-refractivity contribution >= 4 is 9.84 Å². The number of piperidine rings is 1. The number of sulfone groups is 1. The molecule has 2 aromatic carbocycles. The summed E-state index contributed by atoms with van der Waals surface area (Å²) in [6.45, 7) is 2.24. The smallest absolute Gasteiger partial charge is 0.184 e. The maximum absolute atomic E-state index is 12.9. The standard InChI is InChI=1S/C19H22FNO3S/c20-16-7-5-15(6-8-16)9-12-21-13-10-17(11-14-21)25(23,24)19-4-2-1-3-18(19)22/h1-8,17,22H,9-14H2. The van der Waals surface area contributed by atoms with E-state index in [2.05, 4.69) is 4.90 Å². The van der Waals surface area contributed by atoms with Gasteiger partial charge in [-0.2, -0.15) is 0 Å². The molecule has 1 aliphatic heterocycles. The molecule has 0 radical (unpaired) electrons. The van der Waals surface area contributed by atoms with Gasteiger partial charge in [-0.15, -0.1) is 0 Å². The highest BCUT2D eigenvalue weighted by Gasteiger charge is 2.32. The number of aromatic hydroxyl groups is 1.